The normalized spacial score (nSPS) is 10.9. The van der Waals surface area contributed by atoms with Crippen LogP contribution >= 0.6 is 0 Å². The zero-order valence-corrected chi connectivity index (χ0v) is 26.5. The molecule has 0 aliphatic rings. The third kappa shape index (κ3) is 7.13. The van der Waals surface area contributed by atoms with Gasteiger partial charge in [-0.25, -0.2) is 27.3 Å². The predicted octanol–water partition coefficient (Wildman–Crippen LogP) is 6.63. The average molecular weight is 685 g/mol. The van der Waals surface area contributed by atoms with E-state index in [0.717, 1.165) is 33.5 Å². The van der Waals surface area contributed by atoms with Crippen molar-refractivity contribution in [1.29, 1.82) is 0 Å². The van der Waals surface area contributed by atoms with Crippen LogP contribution in [0.25, 0.3) is 16.6 Å². The molecule has 6 aromatic rings. The molecule has 0 unspecified atom stereocenters. The van der Waals surface area contributed by atoms with Crippen LogP contribution in [0.4, 0.5) is 23.7 Å². The number of nitrogens with one attached hydrogen (secondary N) is 1. The van der Waals surface area contributed by atoms with Crippen molar-refractivity contribution in [2.75, 3.05) is 19.5 Å². The van der Waals surface area contributed by atoms with Crippen molar-refractivity contribution in [3.8, 4) is 34.4 Å². The minimum atomic E-state index is -1.16. The first-order valence-electron chi connectivity index (χ1n) is 15.0. The van der Waals surface area contributed by atoms with E-state index in [2.05, 4.69) is 10.3 Å². The molecule has 0 saturated carbocycles. The smallest absolute Gasteiger partial charge is 0.417 e. The molecule has 50 heavy (non-hydrogen) atoms. The number of hydrogen-bond acceptors (Lipinski definition) is 8. The lowest BCUT2D eigenvalue weighted by Crippen LogP contribution is -2.40. The topological polar surface area (TPSA) is 123 Å². The largest absolute Gasteiger partial charge is 0.493 e. The Kier molecular flexibility index (Phi) is 9.52. The first kappa shape index (κ1) is 33.3. The number of rotatable bonds is 10. The van der Waals surface area contributed by atoms with Gasteiger partial charge in [-0.05, 0) is 72.6 Å². The van der Waals surface area contributed by atoms with Crippen molar-refractivity contribution in [2.45, 2.75) is 13.0 Å². The second-order valence-electron chi connectivity index (χ2n) is 10.8. The number of amides is 1. The Hall–Kier alpha value is -6.57. The monoisotopic (exact) mass is 684 g/mol. The van der Waals surface area contributed by atoms with Crippen molar-refractivity contribution in [2.24, 2.45) is 0 Å². The number of anilines is 1. The molecule has 0 aliphatic heterocycles. The van der Waals surface area contributed by atoms with Gasteiger partial charge < -0.3 is 18.9 Å². The maximum atomic E-state index is 15.2. The van der Waals surface area contributed by atoms with Crippen LogP contribution in [0.3, 0.4) is 0 Å². The summed E-state index contributed by atoms with van der Waals surface area (Å²) in [6.07, 6.45) is 1.65. The van der Waals surface area contributed by atoms with E-state index >= 15 is 4.39 Å². The van der Waals surface area contributed by atoms with Gasteiger partial charge in [0.25, 0.3) is 0 Å². The van der Waals surface area contributed by atoms with Crippen molar-refractivity contribution >= 4 is 22.7 Å². The van der Waals surface area contributed by atoms with Gasteiger partial charge in [0, 0.05) is 35.9 Å². The van der Waals surface area contributed by atoms with E-state index in [9.17, 15) is 23.2 Å². The second-order valence-corrected chi connectivity index (χ2v) is 10.8. The third-order valence-corrected chi connectivity index (χ3v) is 7.57. The van der Waals surface area contributed by atoms with Gasteiger partial charge in [-0.1, -0.05) is 12.1 Å². The molecule has 0 fully saturated rings. The number of methoxy groups -OCH3 is 2. The molecule has 14 heteroatoms. The van der Waals surface area contributed by atoms with Gasteiger partial charge in [-0.3, -0.25) is 19.7 Å². The summed E-state index contributed by atoms with van der Waals surface area (Å²) in [6, 6.07) is 18.7. The molecule has 0 radical (unpaired) electrons. The summed E-state index contributed by atoms with van der Waals surface area (Å²) >= 11 is 0. The van der Waals surface area contributed by atoms with Gasteiger partial charge in [-0.15, -0.1) is 0 Å². The van der Waals surface area contributed by atoms with E-state index in [1.54, 1.807) is 30.3 Å². The maximum Gasteiger partial charge on any atom is 0.417 e. The number of aryl methyl sites for hydroxylation is 2. The lowest BCUT2D eigenvalue weighted by Gasteiger charge is -2.14. The van der Waals surface area contributed by atoms with Gasteiger partial charge in [-0.2, -0.15) is 0 Å². The Morgan fingerprint density at radius 2 is 1.46 bits per heavy atom. The summed E-state index contributed by atoms with van der Waals surface area (Å²) in [5.41, 5.74) is -0.571. The third-order valence-electron chi connectivity index (χ3n) is 7.57. The molecular weight excluding hydrogens is 657 g/mol. The van der Waals surface area contributed by atoms with Crippen molar-refractivity contribution in [1.82, 2.24) is 14.1 Å². The predicted molar refractivity (Wildman–Crippen MR) is 177 cm³/mol. The van der Waals surface area contributed by atoms with Crippen LogP contribution in [0.15, 0.2) is 107 Å². The number of pyridine rings is 1. The first-order chi connectivity index (χ1) is 24.1. The number of carbonyl (C=O) groups is 1. The minimum absolute atomic E-state index is 0.0175. The maximum absolute atomic E-state index is 15.2. The van der Waals surface area contributed by atoms with Gasteiger partial charge in [0.1, 0.15) is 17.4 Å². The molecule has 1 amide bonds. The number of benzene rings is 4. The van der Waals surface area contributed by atoms with Crippen LogP contribution in [-0.2, 0) is 13.0 Å². The zero-order chi connectivity index (χ0) is 35.4. The molecule has 254 valence electrons. The summed E-state index contributed by atoms with van der Waals surface area (Å²) in [4.78, 5) is 44.0. The first-order valence-corrected chi connectivity index (χ1v) is 15.0. The highest BCUT2D eigenvalue weighted by atomic mass is 19.1. The van der Waals surface area contributed by atoms with Crippen LogP contribution in [0, 0.1) is 17.5 Å². The fourth-order valence-electron chi connectivity index (χ4n) is 5.09. The molecule has 0 bridgehead atoms. The average Bonchev–Trinajstić information content (AvgIpc) is 3.11. The van der Waals surface area contributed by atoms with Crippen molar-refractivity contribution in [3.63, 3.8) is 0 Å². The molecule has 0 atom stereocenters. The van der Waals surface area contributed by atoms with Crippen molar-refractivity contribution in [3.05, 3.63) is 141 Å². The van der Waals surface area contributed by atoms with Crippen LogP contribution in [-0.4, -0.2) is 34.4 Å². The standard InChI is InChI=1S/C36H27F3N4O7/c1-47-31-18-26-28(19-32(31)48-2)40-15-13-29(26)49-30-12-9-24(17-27(30)39)41-35(45)50-33-20-42(16-14-21-3-5-22(37)6-4-21)36(46)43(34(33)44)25-10-7-23(38)8-11-25/h3-13,15,17-20H,14,16H2,1-2H3,(H,41,45). The minimum Gasteiger partial charge on any atom is -0.493 e. The number of fused-ring (bicyclic) bond motifs is 1. The fourth-order valence-corrected chi connectivity index (χ4v) is 5.09. The Morgan fingerprint density at radius 1 is 0.780 bits per heavy atom. The number of hydrogen-bond donors (Lipinski definition) is 1. The van der Waals surface area contributed by atoms with E-state index in [1.165, 1.54) is 56.8 Å². The molecule has 0 spiro atoms. The molecule has 0 saturated heterocycles. The molecular formula is C36H27F3N4O7. The quantitative estimate of drug-likeness (QED) is 0.171. The Bertz CT molecular complexity index is 2330. The van der Waals surface area contributed by atoms with E-state index < -0.39 is 40.5 Å². The van der Waals surface area contributed by atoms with Gasteiger partial charge in [0.15, 0.2) is 23.1 Å². The number of nitrogens with zero attached hydrogens (tertiary/aromatic N) is 3. The zero-order valence-electron chi connectivity index (χ0n) is 26.5. The highest BCUT2D eigenvalue weighted by Gasteiger charge is 2.19. The molecule has 4 aromatic carbocycles. The lowest BCUT2D eigenvalue weighted by atomic mass is 10.1. The highest BCUT2D eigenvalue weighted by Crippen LogP contribution is 2.37. The Balaban J connectivity index is 1.23. The number of ether oxygens (including phenoxy) is 4. The lowest BCUT2D eigenvalue weighted by molar-refractivity contribution is 0.213. The fraction of sp³-hybridized carbons (Fsp3) is 0.111. The summed E-state index contributed by atoms with van der Waals surface area (Å²) in [6.45, 7) is 0.0175. The van der Waals surface area contributed by atoms with Gasteiger partial charge in [0.2, 0.25) is 5.75 Å². The number of halogens is 3. The molecule has 2 aromatic heterocycles. The highest BCUT2D eigenvalue weighted by molar-refractivity contribution is 5.88. The van der Waals surface area contributed by atoms with Crippen LogP contribution in [0.1, 0.15) is 5.56 Å². The van der Waals surface area contributed by atoms with Gasteiger partial charge >= 0.3 is 17.3 Å². The molecule has 0 aliphatic carbocycles. The van der Waals surface area contributed by atoms with Crippen LogP contribution < -0.4 is 35.5 Å². The molecule has 1 N–H and O–H groups in total. The molecule has 6 rings (SSSR count). The summed E-state index contributed by atoms with van der Waals surface area (Å²) < 4.78 is 65.9. The number of carbonyl (C=O) groups excluding carboxylic acids is 1. The van der Waals surface area contributed by atoms with E-state index in [-0.39, 0.29) is 35.8 Å². The van der Waals surface area contributed by atoms with E-state index in [1.807, 2.05) is 0 Å². The second kappa shape index (κ2) is 14.3. The van der Waals surface area contributed by atoms with E-state index in [4.69, 9.17) is 18.9 Å². The molecule has 2 heterocycles. The SMILES string of the molecule is COc1cc2nccc(Oc3ccc(NC(=O)Oc4cn(CCc5ccc(F)cc5)c(=O)n(-c5ccc(F)cc5)c4=O)cc3F)c2cc1OC. The van der Waals surface area contributed by atoms with Crippen LogP contribution in [0.5, 0.6) is 28.7 Å². The van der Waals surface area contributed by atoms with Gasteiger partial charge in [0.05, 0.1) is 31.6 Å². The van der Waals surface area contributed by atoms with E-state index in [0.29, 0.717) is 28.0 Å². The summed E-state index contributed by atoms with van der Waals surface area (Å²) in [7, 11) is 2.97. The summed E-state index contributed by atoms with van der Waals surface area (Å²) in [5, 5.41) is 2.88. The van der Waals surface area contributed by atoms with Crippen molar-refractivity contribution < 1.29 is 36.9 Å². The molecule has 11 nitrogen and oxygen atoms in total. The Labute approximate surface area is 281 Å². The number of aromatic nitrogens is 3. The Morgan fingerprint density at radius 3 is 2.14 bits per heavy atom. The van der Waals surface area contributed by atoms with Crippen LogP contribution in [0.2, 0.25) is 0 Å². The summed E-state index contributed by atoms with van der Waals surface area (Å²) in [5.74, 6) is -1.40.